The van der Waals surface area contributed by atoms with Gasteiger partial charge in [-0.2, -0.15) is 5.10 Å². The van der Waals surface area contributed by atoms with Crippen LogP contribution in [0.25, 0.3) is 0 Å². The van der Waals surface area contributed by atoms with E-state index in [-0.39, 0.29) is 31.3 Å². The number of halogens is 1. The lowest BCUT2D eigenvalue weighted by Gasteiger charge is -2.07. The first-order valence-electron chi connectivity index (χ1n) is 8.11. The fraction of sp³-hybridized carbons (Fsp3) is 0.150. The Hall–Kier alpha value is -3.11. The highest BCUT2D eigenvalue weighted by molar-refractivity contribution is 9.10. The van der Waals surface area contributed by atoms with E-state index >= 15 is 0 Å². The summed E-state index contributed by atoms with van der Waals surface area (Å²) >= 11 is 3.36. The Bertz CT molecular complexity index is 861. The van der Waals surface area contributed by atoms with E-state index in [0.717, 1.165) is 4.47 Å². The molecule has 0 unspecified atom stereocenters. The maximum atomic E-state index is 11.8. The molecule has 2 aromatic carbocycles. The van der Waals surface area contributed by atoms with Crippen molar-refractivity contribution < 1.29 is 14.3 Å². The first kappa shape index (κ1) is 20.2. The molecule has 7 heteroatoms. The molecule has 0 aliphatic carbocycles. The fourth-order valence-electron chi connectivity index (χ4n) is 2.07. The topological polar surface area (TPSA) is 79.8 Å². The number of ether oxygens (including phenoxy) is 1. The van der Waals surface area contributed by atoms with E-state index in [1.54, 1.807) is 24.3 Å². The van der Waals surface area contributed by atoms with Crippen LogP contribution in [0, 0.1) is 12.3 Å². The number of carbonyl (C=O) groups excluding carboxylic acids is 2. The Kier molecular flexibility index (Phi) is 8.07. The molecule has 0 saturated carbocycles. The zero-order chi connectivity index (χ0) is 19.5. The highest BCUT2D eigenvalue weighted by Gasteiger charge is 2.07. The van der Waals surface area contributed by atoms with Gasteiger partial charge in [-0.15, -0.1) is 6.42 Å². The predicted molar refractivity (Wildman–Crippen MR) is 109 cm³/mol. The van der Waals surface area contributed by atoms with Crippen LogP contribution in [0.5, 0.6) is 5.75 Å². The number of terminal acetylenes is 1. The molecular weight excluding hydrogens is 410 g/mol. The van der Waals surface area contributed by atoms with E-state index in [1.807, 2.05) is 24.3 Å². The van der Waals surface area contributed by atoms with Gasteiger partial charge in [0, 0.05) is 28.6 Å². The van der Waals surface area contributed by atoms with Crippen molar-refractivity contribution >= 4 is 39.6 Å². The largest absolute Gasteiger partial charge is 0.480 e. The molecule has 2 aromatic rings. The Labute approximate surface area is 166 Å². The minimum atomic E-state index is -0.365. The molecule has 0 aliphatic rings. The molecule has 6 nitrogen and oxygen atoms in total. The van der Waals surface area contributed by atoms with Gasteiger partial charge >= 0.3 is 0 Å². The van der Waals surface area contributed by atoms with Gasteiger partial charge in [-0.3, -0.25) is 9.59 Å². The molecule has 0 atom stereocenters. The van der Waals surface area contributed by atoms with Crippen LogP contribution in [-0.4, -0.2) is 24.6 Å². The predicted octanol–water partition coefficient (Wildman–Crippen LogP) is 3.33. The Morgan fingerprint density at radius 3 is 2.63 bits per heavy atom. The number of nitrogens with one attached hydrogen (secondary N) is 2. The Morgan fingerprint density at radius 1 is 1.15 bits per heavy atom. The quantitative estimate of drug-likeness (QED) is 0.385. The van der Waals surface area contributed by atoms with Gasteiger partial charge in [0.15, 0.2) is 0 Å². The summed E-state index contributed by atoms with van der Waals surface area (Å²) in [6.45, 7) is 0.130. The third-order valence-electron chi connectivity index (χ3n) is 3.31. The van der Waals surface area contributed by atoms with Crippen molar-refractivity contribution in [3.8, 4) is 18.1 Å². The molecule has 0 saturated heterocycles. The summed E-state index contributed by atoms with van der Waals surface area (Å²) < 4.78 is 6.25. The summed E-state index contributed by atoms with van der Waals surface area (Å²) in [5.41, 5.74) is 3.74. The van der Waals surface area contributed by atoms with Gasteiger partial charge in [-0.05, 0) is 30.3 Å². The standard InChI is InChI=1S/C20H18BrN3O3/c1-2-12-27-18-9-8-16(21)13-15(18)14-22-24-20(26)11-10-19(25)23-17-6-4-3-5-7-17/h1,3-9,13-14H,10-12H2,(H,23,25)(H,24,26). The van der Waals surface area contributed by atoms with Crippen LogP contribution in [0.3, 0.4) is 0 Å². The summed E-state index contributed by atoms with van der Waals surface area (Å²) in [6, 6.07) is 14.4. The van der Waals surface area contributed by atoms with Gasteiger partial charge in [0.05, 0.1) is 6.21 Å². The van der Waals surface area contributed by atoms with Crippen molar-refractivity contribution in [2.75, 3.05) is 11.9 Å². The molecule has 2 N–H and O–H groups in total. The zero-order valence-electron chi connectivity index (χ0n) is 14.4. The van der Waals surface area contributed by atoms with Gasteiger partial charge in [0.2, 0.25) is 11.8 Å². The van der Waals surface area contributed by atoms with Crippen molar-refractivity contribution in [3.05, 3.63) is 58.6 Å². The number of para-hydroxylation sites is 1. The average Bonchev–Trinajstić information content (AvgIpc) is 2.66. The molecular formula is C20H18BrN3O3. The lowest BCUT2D eigenvalue weighted by molar-refractivity contribution is -0.124. The van der Waals surface area contributed by atoms with Crippen LogP contribution in [-0.2, 0) is 9.59 Å². The summed E-state index contributed by atoms with van der Waals surface area (Å²) in [7, 11) is 0. The summed E-state index contributed by atoms with van der Waals surface area (Å²) in [5.74, 6) is 2.34. The molecule has 0 aliphatic heterocycles. The van der Waals surface area contributed by atoms with Crippen LogP contribution in [0.15, 0.2) is 58.1 Å². The number of nitrogens with zero attached hydrogens (tertiary/aromatic N) is 1. The van der Waals surface area contributed by atoms with E-state index in [1.165, 1.54) is 6.21 Å². The van der Waals surface area contributed by atoms with Crippen LogP contribution in [0.4, 0.5) is 5.69 Å². The van der Waals surface area contributed by atoms with Crippen LogP contribution in [0.1, 0.15) is 18.4 Å². The van der Waals surface area contributed by atoms with Crippen molar-refractivity contribution in [2.24, 2.45) is 5.10 Å². The Balaban J connectivity index is 1.82. The van der Waals surface area contributed by atoms with Gasteiger partial charge in [0.1, 0.15) is 12.4 Å². The summed E-state index contributed by atoms with van der Waals surface area (Å²) in [4.78, 5) is 23.7. The number of hydrazone groups is 1. The molecule has 0 radical (unpaired) electrons. The molecule has 0 heterocycles. The average molecular weight is 428 g/mol. The third kappa shape index (κ3) is 7.34. The molecule has 0 bridgehead atoms. The number of amides is 2. The molecule has 0 spiro atoms. The zero-order valence-corrected chi connectivity index (χ0v) is 16.0. The van der Waals surface area contributed by atoms with Crippen LogP contribution >= 0.6 is 15.9 Å². The third-order valence-corrected chi connectivity index (χ3v) is 3.81. The second kappa shape index (κ2) is 10.8. The van der Waals surface area contributed by atoms with E-state index in [9.17, 15) is 9.59 Å². The maximum absolute atomic E-state index is 11.8. The first-order valence-corrected chi connectivity index (χ1v) is 8.90. The lowest BCUT2D eigenvalue weighted by Crippen LogP contribution is -2.20. The fourth-order valence-corrected chi connectivity index (χ4v) is 2.45. The molecule has 138 valence electrons. The maximum Gasteiger partial charge on any atom is 0.240 e. The van der Waals surface area contributed by atoms with Crippen molar-refractivity contribution in [1.29, 1.82) is 0 Å². The summed E-state index contributed by atoms with van der Waals surface area (Å²) in [5, 5.41) is 6.62. The van der Waals surface area contributed by atoms with Crippen molar-refractivity contribution in [2.45, 2.75) is 12.8 Å². The number of anilines is 1. The van der Waals surface area contributed by atoms with Gasteiger partial charge in [-0.1, -0.05) is 40.0 Å². The second-order valence-electron chi connectivity index (χ2n) is 5.38. The smallest absolute Gasteiger partial charge is 0.240 e. The molecule has 0 aromatic heterocycles. The SMILES string of the molecule is C#CCOc1ccc(Br)cc1C=NNC(=O)CCC(=O)Nc1ccccc1. The van der Waals surface area contributed by atoms with Crippen LogP contribution < -0.4 is 15.5 Å². The lowest BCUT2D eigenvalue weighted by atomic mass is 10.2. The molecule has 2 rings (SSSR count). The van der Waals surface area contributed by atoms with Gasteiger partial charge in [0.25, 0.3) is 0 Å². The van der Waals surface area contributed by atoms with E-state index < -0.39 is 0 Å². The van der Waals surface area contributed by atoms with E-state index in [2.05, 4.69) is 37.7 Å². The normalized spacial score (nSPS) is 10.2. The highest BCUT2D eigenvalue weighted by Crippen LogP contribution is 2.21. The number of rotatable bonds is 8. The minimum Gasteiger partial charge on any atom is -0.480 e. The minimum absolute atomic E-state index is 0.0228. The number of carbonyl (C=O) groups is 2. The van der Waals surface area contributed by atoms with Crippen molar-refractivity contribution in [3.63, 3.8) is 0 Å². The second-order valence-corrected chi connectivity index (χ2v) is 6.30. The number of benzene rings is 2. The highest BCUT2D eigenvalue weighted by atomic mass is 79.9. The number of hydrogen-bond acceptors (Lipinski definition) is 4. The molecule has 2 amide bonds. The number of hydrogen-bond donors (Lipinski definition) is 2. The summed E-state index contributed by atoms with van der Waals surface area (Å²) in [6.07, 6.45) is 6.73. The first-order chi connectivity index (χ1) is 13.1. The van der Waals surface area contributed by atoms with Crippen molar-refractivity contribution in [1.82, 2.24) is 5.43 Å². The monoisotopic (exact) mass is 427 g/mol. The van der Waals surface area contributed by atoms with Crippen LogP contribution in [0.2, 0.25) is 0 Å². The molecule has 27 heavy (non-hydrogen) atoms. The Morgan fingerprint density at radius 2 is 1.89 bits per heavy atom. The molecule has 0 fully saturated rings. The van der Waals surface area contributed by atoms with Gasteiger partial charge < -0.3 is 10.1 Å². The van der Waals surface area contributed by atoms with Gasteiger partial charge in [-0.25, -0.2) is 5.43 Å². The van der Waals surface area contributed by atoms with E-state index in [4.69, 9.17) is 11.2 Å². The van der Waals surface area contributed by atoms with E-state index in [0.29, 0.717) is 17.0 Å².